The highest BCUT2D eigenvalue weighted by molar-refractivity contribution is 6.09. The molecule has 0 saturated carbocycles. The molecule has 0 spiro atoms. The van der Waals surface area contributed by atoms with Gasteiger partial charge in [0.1, 0.15) is 11.9 Å². The van der Waals surface area contributed by atoms with Crippen molar-refractivity contribution in [1.29, 1.82) is 0 Å². The Morgan fingerprint density at radius 1 is 1.23 bits per heavy atom. The first-order chi connectivity index (χ1) is 14.0. The molecule has 0 aliphatic heterocycles. The van der Waals surface area contributed by atoms with Gasteiger partial charge in [0.05, 0.1) is 23.9 Å². The van der Waals surface area contributed by atoms with Crippen LogP contribution in [0.1, 0.15) is 44.6 Å². The lowest BCUT2D eigenvalue weighted by Crippen LogP contribution is -2.50. The zero-order valence-electron chi connectivity index (χ0n) is 17.7. The minimum atomic E-state index is -1.07. The summed E-state index contributed by atoms with van der Waals surface area (Å²) >= 11 is 0. The zero-order valence-corrected chi connectivity index (χ0v) is 17.7. The second-order valence-corrected chi connectivity index (χ2v) is 7.34. The molecule has 0 fully saturated rings. The first-order valence-corrected chi connectivity index (χ1v) is 9.43. The molecule has 162 valence electrons. The van der Waals surface area contributed by atoms with E-state index in [1.165, 1.54) is 25.1 Å². The van der Waals surface area contributed by atoms with Crippen LogP contribution in [0.15, 0.2) is 18.2 Å². The predicted octanol–water partition coefficient (Wildman–Crippen LogP) is 1.35. The molecule has 0 radical (unpaired) electrons. The number of ketones is 1. The molecule has 0 saturated heterocycles. The minimum Gasteiger partial charge on any atom is -0.391 e. The molecule has 0 unspecified atom stereocenters. The molecule has 5 N–H and O–H groups in total. The largest absolute Gasteiger partial charge is 0.391 e. The number of nitrogens with zero attached hydrogens (tertiary/aromatic N) is 1. The van der Waals surface area contributed by atoms with E-state index in [-0.39, 0.29) is 18.1 Å². The number of Topliss-reactive ketones (excluding diaryl/α,β-unsaturated/α-hetero) is 1. The van der Waals surface area contributed by atoms with Gasteiger partial charge in [0.2, 0.25) is 5.91 Å². The fraction of sp³-hybridized carbons (Fsp3) is 0.381. The Balaban J connectivity index is 2.27. The topological polar surface area (TPSA) is 126 Å². The third kappa shape index (κ3) is 4.74. The normalized spacial score (nSPS) is 13.0. The van der Waals surface area contributed by atoms with Gasteiger partial charge in [0.15, 0.2) is 5.78 Å². The quantitative estimate of drug-likeness (QED) is 0.482. The van der Waals surface area contributed by atoms with Crippen LogP contribution in [-0.2, 0) is 11.8 Å². The number of halogens is 1. The van der Waals surface area contributed by atoms with Crippen molar-refractivity contribution in [2.45, 2.75) is 39.8 Å². The highest BCUT2D eigenvalue weighted by Crippen LogP contribution is 2.23. The van der Waals surface area contributed by atoms with E-state index < -0.39 is 24.0 Å². The van der Waals surface area contributed by atoms with Gasteiger partial charge in [-0.15, -0.1) is 0 Å². The molecule has 0 aliphatic carbocycles. The van der Waals surface area contributed by atoms with Crippen LogP contribution in [0.5, 0.6) is 0 Å². The number of carbonyl (C=O) groups is 3. The van der Waals surface area contributed by atoms with Gasteiger partial charge in [-0.1, -0.05) is 0 Å². The number of aromatic nitrogens is 1. The summed E-state index contributed by atoms with van der Waals surface area (Å²) in [4.78, 5) is 37.0. The number of aliphatic hydroxyl groups excluding tert-OH is 1. The second-order valence-electron chi connectivity index (χ2n) is 7.34. The van der Waals surface area contributed by atoms with Crippen LogP contribution in [0.25, 0.3) is 0 Å². The Bertz CT molecular complexity index is 997. The molecular weight excluding hydrogens is 391 g/mol. The van der Waals surface area contributed by atoms with Gasteiger partial charge in [0.25, 0.3) is 5.91 Å². The number of aryl methyl sites for hydroxylation is 1. The van der Waals surface area contributed by atoms with Gasteiger partial charge in [0, 0.05) is 18.4 Å². The number of nitrogens with two attached hydrogens (primary N) is 1. The summed E-state index contributed by atoms with van der Waals surface area (Å²) in [5.74, 6) is -1.92. The van der Waals surface area contributed by atoms with E-state index in [2.05, 4.69) is 10.6 Å². The number of primary amides is 1. The Labute approximate surface area is 174 Å². The van der Waals surface area contributed by atoms with Gasteiger partial charge in [-0.3, -0.25) is 19.7 Å². The van der Waals surface area contributed by atoms with Crippen molar-refractivity contribution < 1.29 is 23.9 Å². The van der Waals surface area contributed by atoms with Crippen LogP contribution >= 0.6 is 0 Å². The van der Waals surface area contributed by atoms with E-state index in [4.69, 9.17) is 5.73 Å². The molecule has 1 aromatic carbocycles. The second kappa shape index (κ2) is 9.19. The molecule has 2 amide bonds. The molecule has 2 atom stereocenters. The van der Waals surface area contributed by atoms with E-state index in [0.29, 0.717) is 33.8 Å². The average molecular weight is 418 g/mol. The maximum atomic E-state index is 13.5. The lowest BCUT2D eigenvalue weighted by molar-refractivity contribution is -0.122. The van der Waals surface area contributed by atoms with Crippen molar-refractivity contribution in [3.8, 4) is 0 Å². The lowest BCUT2D eigenvalue weighted by Gasteiger charge is -2.17. The first-order valence-electron chi connectivity index (χ1n) is 9.43. The maximum Gasteiger partial charge on any atom is 0.257 e. The monoisotopic (exact) mass is 418 g/mol. The van der Waals surface area contributed by atoms with Crippen LogP contribution in [0, 0.1) is 26.6 Å². The number of carbonyl (C=O) groups excluding carboxylic acids is 3. The number of nitrogens with one attached hydrogen (secondary N) is 2. The molecule has 2 aromatic rings. The van der Waals surface area contributed by atoms with Crippen molar-refractivity contribution >= 4 is 23.3 Å². The summed E-state index contributed by atoms with van der Waals surface area (Å²) in [6, 6.07) is 3.19. The van der Waals surface area contributed by atoms with Gasteiger partial charge < -0.3 is 20.7 Å². The zero-order chi connectivity index (χ0) is 22.7. The minimum absolute atomic E-state index is 0.241. The number of rotatable bonds is 8. The molecule has 1 heterocycles. The molecule has 9 heteroatoms. The fourth-order valence-corrected chi connectivity index (χ4v) is 3.42. The number of amides is 2. The SMILES string of the molecule is Cc1cc(NC(=O)c2c(C)c(C(=O)CN[C@@H](C(N)=O)[C@@H](C)O)n(C)c2C)ccc1F. The number of benzene rings is 1. The number of aliphatic hydroxyl groups is 1. The smallest absolute Gasteiger partial charge is 0.257 e. The number of anilines is 1. The third-order valence-corrected chi connectivity index (χ3v) is 5.11. The molecule has 0 aliphatic rings. The molecule has 2 rings (SSSR count). The Morgan fingerprint density at radius 2 is 1.87 bits per heavy atom. The Kier molecular flexibility index (Phi) is 7.12. The van der Waals surface area contributed by atoms with Crippen molar-refractivity contribution in [3.05, 3.63) is 52.1 Å². The van der Waals surface area contributed by atoms with E-state index in [1.807, 2.05) is 0 Å². The van der Waals surface area contributed by atoms with Crippen LogP contribution in [0.3, 0.4) is 0 Å². The van der Waals surface area contributed by atoms with E-state index >= 15 is 0 Å². The van der Waals surface area contributed by atoms with Crippen molar-refractivity contribution in [1.82, 2.24) is 9.88 Å². The first kappa shape index (κ1) is 23.2. The molecule has 30 heavy (non-hydrogen) atoms. The van der Waals surface area contributed by atoms with Crippen LogP contribution in [0.4, 0.5) is 10.1 Å². The summed E-state index contributed by atoms with van der Waals surface area (Å²) in [5.41, 5.74) is 7.77. The number of hydrogen-bond acceptors (Lipinski definition) is 5. The molecule has 1 aromatic heterocycles. The van der Waals surface area contributed by atoms with Crippen molar-refractivity contribution in [3.63, 3.8) is 0 Å². The summed E-state index contributed by atoms with van der Waals surface area (Å²) in [7, 11) is 1.66. The van der Waals surface area contributed by atoms with E-state index in [9.17, 15) is 23.9 Å². The summed E-state index contributed by atoms with van der Waals surface area (Å²) < 4.78 is 15.1. The Hall–Kier alpha value is -3.04. The predicted molar refractivity (Wildman–Crippen MR) is 111 cm³/mol. The number of hydrogen-bond donors (Lipinski definition) is 4. The fourth-order valence-electron chi connectivity index (χ4n) is 3.42. The van der Waals surface area contributed by atoms with Gasteiger partial charge in [-0.2, -0.15) is 0 Å². The van der Waals surface area contributed by atoms with Crippen LogP contribution < -0.4 is 16.4 Å². The van der Waals surface area contributed by atoms with Gasteiger partial charge >= 0.3 is 0 Å². The maximum absolute atomic E-state index is 13.5. The summed E-state index contributed by atoms with van der Waals surface area (Å²) in [6.07, 6.45) is -1.06. The highest BCUT2D eigenvalue weighted by Gasteiger charge is 2.27. The summed E-state index contributed by atoms with van der Waals surface area (Å²) in [5, 5.41) is 15.0. The molecule has 0 bridgehead atoms. The Morgan fingerprint density at radius 3 is 2.40 bits per heavy atom. The molecular formula is C21H27FN4O4. The average Bonchev–Trinajstić information content (AvgIpc) is 2.86. The van der Waals surface area contributed by atoms with Gasteiger partial charge in [-0.25, -0.2) is 4.39 Å². The van der Waals surface area contributed by atoms with Crippen molar-refractivity contribution in [2.75, 3.05) is 11.9 Å². The van der Waals surface area contributed by atoms with Crippen LogP contribution in [0.2, 0.25) is 0 Å². The molecule has 8 nitrogen and oxygen atoms in total. The van der Waals surface area contributed by atoms with Gasteiger partial charge in [-0.05, 0) is 57.0 Å². The third-order valence-electron chi connectivity index (χ3n) is 5.11. The van der Waals surface area contributed by atoms with Crippen molar-refractivity contribution in [2.24, 2.45) is 12.8 Å². The van der Waals surface area contributed by atoms with E-state index in [0.717, 1.165) is 0 Å². The summed E-state index contributed by atoms with van der Waals surface area (Å²) in [6.45, 7) is 6.12. The lowest BCUT2D eigenvalue weighted by atomic mass is 10.1. The van der Waals surface area contributed by atoms with E-state index in [1.54, 1.807) is 32.4 Å². The standard InChI is InChI=1S/C21H27FN4O4/c1-10-8-14(6-7-15(10)22)25-21(30)17-11(2)19(26(5)12(17)3)16(28)9-24-18(13(4)27)20(23)29/h6-8,13,18,24,27H,9H2,1-5H3,(H2,23,29)(H,25,30)/t13-,18-/m1/s1. The van der Waals surface area contributed by atoms with Crippen LogP contribution in [-0.4, -0.2) is 46.0 Å². The highest BCUT2D eigenvalue weighted by atomic mass is 19.1.